The summed E-state index contributed by atoms with van der Waals surface area (Å²) in [5, 5.41) is 3.70. The van der Waals surface area contributed by atoms with Gasteiger partial charge in [0, 0.05) is 43.5 Å². The smallest absolute Gasteiger partial charge is 0.125 e. The van der Waals surface area contributed by atoms with Crippen molar-refractivity contribution in [3.63, 3.8) is 0 Å². The van der Waals surface area contributed by atoms with E-state index in [4.69, 9.17) is 9.47 Å². The van der Waals surface area contributed by atoms with Crippen molar-refractivity contribution in [1.82, 2.24) is 14.9 Å². The molecule has 128 valence electrons. The molecular formula is C19H25N3O2. The Morgan fingerprint density at radius 2 is 2.25 bits per heavy atom. The number of fused-ring (bicyclic) bond motifs is 1. The number of nitrogens with one attached hydrogen (secondary N) is 1. The first-order chi connectivity index (χ1) is 11.7. The third-order valence-electron chi connectivity index (χ3n) is 5.04. The van der Waals surface area contributed by atoms with Crippen molar-refractivity contribution in [3.8, 4) is 11.5 Å². The zero-order chi connectivity index (χ0) is 16.7. The van der Waals surface area contributed by atoms with Gasteiger partial charge in [0.25, 0.3) is 0 Å². The van der Waals surface area contributed by atoms with Gasteiger partial charge in [-0.3, -0.25) is 0 Å². The van der Waals surface area contributed by atoms with Gasteiger partial charge in [-0.1, -0.05) is 0 Å². The molecule has 2 atom stereocenters. The predicted molar refractivity (Wildman–Crippen MR) is 92.3 cm³/mol. The second-order valence-electron chi connectivity index (χ2n) is 7.00. The number of hydrogen-bond acceptors (Lipinski definition) is 4. The van der Waals surface area contributed by atoms with Crippen molar-refractivity contribution in [1.29, 1.82) is 0 Å². The largest absolute Gasteiger partial charge is 0.496 e. The molecule has 5 nitrogen and oxygen atoms in total. The van der Waals surface area contributed by atoms with Crippen LogP contribution >= 0.6 is 0 Å². The van der Waals surface area contributed by atoms with E-state index in [9.17, 15) is 0 Å². The maximum absolute atomic E-state index is 5.91. The Morgan fingerprint density at radius 3 is 2.92 bits per heavy atom. The van der Waals surface area contributed by atoms with E-state index in [1.54, 1.807) is 7.11 Å². The number of benzene rings is 1. The molecule has 1 fully saturated rings. The van der Waals surface area contributed by atoms with Gasteiger partial charge in [-0.2, -0.15) is 0 Å². The molecule has 5 heteroatoms. The van der Waals surface area contributed by atoms with Gasteiger partial charge >= 0.3 is 0 Å². The molecule has 0 unspecified atom stereocenters. The highest BCUT2D eigenvalue weighted by Gasteiger charge is 2.34. The maximum Gasteiger partial charge on any atom is 0.125 e. The van der Waals surface area contributed by atoms with Crippen LogP contribution < -0.4 is 14.8 Å². The minimum Gasteiger partial charge on any atom is -0.496 e. The minimum absolute atomic E-state index is 0.250. The van der Waals surface area contributed by atoms with E-state index in [-0.39, 0.29) is 6.10 Å². The molecule has 2 aliphatic rings. The van der Waals surface area contributed by atoms with Gasteiger partial charge < -0.3 is 19.4 Å². The highest BCUT2D eigenvalue weighted by molar-refractivity contribution is 5.48. The summed E-state index contributed by atoms with van der Waals surface area (Å²) in [5.74, 6) is 3.73. The Morgan fingerprint density at radius 1 is 1.42 bits per heavy atom. The quantitative estimate of drug-likeness (QED) is 0.886. The first-order valence-corrected chi connectivity index (χ1v) is 8.72. The monoisotopic (exact) mass is 327 g/mol. The summed E-state index contributed by atoms with van der Waals surface area (Å²) < 4.78 is 13.6. The molecule has 0 spiro atoms. The standard InChI is InChI=1S/C19H25N3O2/c1-12-8-14-9-16(23-3)15(10-17(14)24-12)11-21-18(13-4-5-13)19-20-6-7-22(19)2/h6-7,9-10,12-13,18,21H,4-5,8,11H2,1-3H3/t12-,18+/m1/s1. The zero-order valence-corrected chi connectivity index (χ0v) is 14.6. The van der Waals surface area contributed by atoms with E-state index in [2.05, 4.69) is 41.0 Å². The number of nitrogens with zero attached hydrogens (tertiary/aromatic N) is 2. The van der Waals surface area contributed by atoms with Gasteiger partial charge in [0.05, 0.1) is 13.2 Å². The van der Waals surface area contributed by atoms with Gasteiger partial charge in [-0.15, -0.1) is 0 Å². The fraction of sp³-hybridized carbons (Fsp3) is 0.526. The summed E-state index contributed by atoms with van der Waals surface area (Å²) in [5.41, 5.74) is 2.39. The highest BCUT2D eigenvalue weighted by Crippen LogP contribution is 2.41. The summed E-state index contributed by atoms with van der Waals surface area (Å²) in [6.45, 7) is 2.86. The molecule has 1 aromatic carbocycles. The van der Waals surface area contributed by atoms with Gasteiger partial charge in [0.2, 0.25) is 0 Å². The van der Waals surface area contributed by atoms with Crippen LogP contribution in [0.2, 0.25) is 0 Å². The lowest BCUT2D eigenvalue weighted by molar-refractivity contribution is 0.254. The highest BCUT2D eigenvalue weighted by atomic mass is 16.5. The average Bonchev–Trinajstić information content (AvgIpc) is 3.21. The van der Waals surface area contributed by atoms with Crippen LogP contribution in [-0.4, -0.2) is 22.8 Å². The van der Waals surface area contributed by atoms with E-state index in [1.807, 2.05) is 12.4 Å². The second-order valence-corrected chi connectivity index (χ2v) is 7.00. The SMILES string of the molecule is COc1cc2c(cc1CN[C@H](c1nccn1C)C1CC1)O[C@H](C)C2. The van der Waals surface area contributed by atoms with Crippen LogP contribution in [0.15, 0.2) is 24.5 Å². The molecule has 2 heterocycles. The van der Waals surface area contributed by atoms with Crippen LogP contribution in [0.5, 0.6) is 11.5 Å². The zero-order valence-electron chi connectivity index (χ0n) is 14.6. The predicted octanol–water partition coefficient (Wildman–Crippen LogP) is 2.99. The topological polar surface area (TPSA) is 48.3 Å². The lowest BCUT2D eigenvalue weighted by Gasteiger charge is -2.19. The van der Waals surface area contributed by atoms with Crippen LogP contribution in [-0.2, 0) is 20.0 Å². The van der Waals surface area contributed by atoms with E-state index in [1.165, 1.54) is 18.4 Å². The Labute approximate surface area is 143 Å². The third kappa shape index (κ3) is 2.88. The molecule has 1 aromatic heterocycles. The van der Waals surface area contributed by atoms with Gasteiger partial charge in [0.1, 0.15) is 23.4 Å². The molecule has 0 bridgehead atoms. The summed E-state index contributed by atoms with van der Waals surface area (Å²) in [4.78, 5) is 4.54. The summed E-state index contributed by atoms with van der Waals surface area (Å²) in [6, 6.07) is 4.55. The molecule has 24 heavy (non-hydrogen) atoms. The normalized spacial score (nSPS) is 20.5. The number of rotatable bonds is 6. The number of aromatic nitrogens is 2. The number of methoxy groups -OCH3 is 1. The van der Waals surface area contributed by atoms with Crippen molar-refractivity contribution < 1.29 is 9.47 Å². The van der Waals surface area contributed by atoms with E-state index in [0.29, 0.717) is 12.0 Å². The first kappa shape index (κ1) is 15.5. The Hall–Kier alpha value is -2.01. The van der Waals surface area contributed by atoms with Crippen LogP contribution in [0.25, 0.3) is 0 Å². The summed E-state index contributed by atoms with van der Waals surface area (Å²) in [7, 11) is 3.80. The number of imidazole rings is 1. The Balaban J connectivity index is 1.54. The third-order valence-corrected chi connectivity index (χ3v) is 5.04. The van der Waals surface area contributed by atoms with Gasteiger partial charge in [-0.25, -0.2) is 4.98 Å². The molecule has 1 saturated carbocycles. The molecule has 0 amide bonds. The van der Waals surface area contributed by atoms with Crippen LogP contribution in [0.1, 0.15) is 42.8 Å². The van der Waals surface area contributed by atoms with E-state index >= 15 is 0 Å². The number of aryl methyl sites for hydroxylation is 1. The molecule has 2 aromatic rings. The molecule has 1 N–H and O–H groups in total. The van der Waals surface area contributed by atoms with Crippen LogP contribution in [0.4, 0.5) is 0 Å². The first-order valence-electron chi connectivity index (χ1n) is 8.72. The number of hydrogen-bond donors (Lipinski definition) is 1. The van der Waals surface area contributed by atoms with Gasteiger partial charge in [0.15, 0.2) is 0 Å². The lowest BCUT2D eigenvalue weighted by Crippen LogP contribution is -2.25. The minimum atomic E-state index is 0.250. The van der Waals surface area contributed by atoms with Crippen molar-refractivity contribution >= 4 is 0 Å². The molecule has 1 aliphatic heterocycles. The second kappa shape index (κ2) is 6.13. The van der Waals surface area contributed by atoms with Crippen LogP contribution in [0, 0.1) is 5.92 Å². The molecule has 4 rings (SSSR count). The van der Waals surface area contributed by atoms with E-state index < -0.39 is 0 Å². The van der Waals surface area contributed by atoms with Gasteiger partial charge in [-0.05, 0) is 37.8 Å². The van der Waals surface area contributed by atoms with Crippen molar-refractivity contribution in [2.45, 2.75) is 44.9 Å². The molecular weight excluding hydrogens is 302 g/mol. The Bertz CT molecular complexity index is 736. The maximum atomic E-state index is 5.91. The lowest BCUT2D eigenvalue weighted by atomic mass is 10.1. The average molecular weight is 327 g/mol. The van der Waals surface area contributed by atoms with Crippen molar-refractivity contribution in [3.05, 3.63) is 41.5 Å². The van der Waals surface area contributed by atoms with Crippen molar-refractivity contribution in [2.75, 3.05) is 7.11 Å². The van der Waals surface area contributed by atoms with Crippen LogP contribution in [0.3, 0.4) is 0 Å². The summed E-state index contributed by atoms with van der Waals surface area (Å²) >= 11 is 0. The molecule has 1 aliphatic carbocycles. The fourth-order valence-corrected chi connectivity index (χ4v) is 3.60. The summed E-state index contributed by atoms with van der Waals surface area (Å²) in [6.07, 6.45) is 7.63. The van der Waals surface area contributed by atoms with Crippen molar-refractivity contribution in [2.24, 2.45) is 13.0 Å². The van der Waals surface area contributed by atoms with E-state index in [0.717, 1.165) is 35.9 Å². The Kier molecular flexibility index (Phi) is 3.96. The number of ether oxygens (including phenoxy) is 2. The molecule has 0 radical (unpaired) electrons. The fourth-order valence-electron chi connectivity index (χ4n) is 3.60. The molecule has 0 saturated heterocycles.